The number of carbonyl (C=O) groups excluding carboxylic acids is 2. The molecule has 2 aromatic rings. The normalized spacial score (nSPS) is 10.1. The van der Waals surface area contributed by atoms with Gasteiger partial charge in [0.1, 0.15) is 5.75 Å². The summed E-state index contributed by atoms with van der Waals surface area (Å²) in [5.41, 5.74) is 2.81. The Labute approximate surface area is 129 Å². The van der Waals surface area contributed by atoms with Gasteiger partial charge in [0.2, 0.25) is 0 Å². The van der Waals surface area contributed by atoms with Gasteiger partial charge in [-0.3, -0.25) is 4.79 Å². The van der Waals surface area contributed by atoms with Crippen LogP contribution in [-0.4, -0.2) is 26.0 Å². The second-order valence-electron chi connectivity index (χ2n) is 4.96. The number of esters is 1. The zero-order valence-corrected chi connectivity index (χ0v) is 12.9. The lowest BCUT2D eigenvalue weighted by Gasteiger charge is -2.08. The molecule has 0 amide bonds. The van der Waals surface area contributed by atoms with Crippen molar-refractivity contribution in [2.45, 2.75) is 13.3 Å². The van der Waals surface area contributed by atoms with Gasteiger partial charge in [0.15, 0.2) is 5.78 Å². The third-order valence-corrected chi connectivity index (χ3v) is 3.51. The van der Waals surface area contributed by atoms with E-state index in [-0.39, 0.29) is 12.2 Å². The molecule has 0 aliphatic carbocycles. The fraction of sp³-hybridized carbons (Fsp3) is 0.222. The minimum Gasteiger partial charge on any atom is -0.497 e. The first-order valence-corrected chi connectivity index (χ1v) is 6.90. The van der Waals surface area contributed by atoms with E-state index in [0.717, 1.165) is 16.9 Å². The minimum absolute atomic E-state index is 0.0426. The predicted octanol–water partition coefficient (Wildman–Crippen LogP) is 3.22. The van der Waals surface area contributed by atoms with Crippen molar-refractivity contribution in [1.29, 1.82) is 0 Å². The van der Waals surface area contributed by atoms with Crippen LogP contribution >= 0.6 is 0 Å². The molecule has 22 heavy (non-hydrogen) atoms. The highest BCUT2D eigenvalue weighted by Crippen LogP contribution is 2.19. The number of rotatable bonds is 5. The Morgan fingerprint density at radius 3 is 2.36 bits per heavy atom. The van der Waals surface area contributed by atoms with Gasteiger partial charge in [-0.15, -0.1) is 0 Å². The van der Waals surface area contributed by atoms with Crippen LogP contribution in [-0.2, 0) is 11.2 Å². The summed E-state index contributed by atoms with van der Waals surface area (Å²) in [5, 5.41) is 0. The van der Waals surface area contributed by atoms with Crippen molar-refractivity contribution in [3.05, 3.63) is 64.7 Å². The fourth-order valence-corrected chi connectivity index (χ4v) is 2.21. The first kappa shape index (κ1) is 15.8. The zero-order valence-electron chi connectivity index (χ0n) is 12.9. The van der Waals surface area contributed by atoms with Gasteiger partial charge in [0.25, 0.3) is 0 Å². The molecule has 0 N–H and O–H groups in total. The molecule has 2 aromatic carbocycles. The number of hydrogen-bond donors (Lipinski definition) is 0. The minimum atomic E-state index is -0.449. The van der Waals surface area contributed by atoms with E-state index in [1.165, 1.54) is 7.11 Å². The highest BCUT2D eigenvalue weighted by molar-refractivity contribution is 6.00. The number of methoxy groups -OCH3 is 2. The Morgan fingerprint density at radius 1 is 1.00 bits per heavy atom. The van der Waals surface area contributed by atoms with Gasteiger partial charge in [-0.2, -0.15) is 0 Å². The average molecular weight is 298 g/mol. The number of hydrogen-bond acceptors (Lipinski definition) is 4. The first-order chi connectivity index (χ1) is 10.5. The topological polar surface area (TPSA) is 52.6 Å². The molecule has 0 aliphatic rings. The molecule has 0 aliphatic heterocycles. The highest BCUT2D eigenvalue weighted by Gasteiger charge is 2.12. The van der Waals surface area contributed by atoms with E-state index < -0.39 is 5.97 Å². The summed E-state index contributed by atoms with van der Waals surface area (Å²) in [6.07, 6.45) is 0.278. The summed E-state index contributed by atoms with van der Waals surface area (Å²) in [6.45, 7) is 1.94. The third-order valence-electron chi connectivity index (χ3n) is 3.51. The Balaban J connectivity index is 2.20. The van der Waals surface area contributed by atoms with Crippen molar-refractivity contribution in [3.8, 4) is 5.75 Å². The third kappa shape index (κ3) is 3.52. The predicted molar refractivity (Wildman–Crippen MR) is 83.5 cm³/mol. The van der Waals surface area contributed by atoms with Crippen molar-refractivity contribution < 1.29 is 19.1 Å². The Hall–Kier alpha value is -2.62. The van der Waals surface area contributed by atoms with E-state index in [4.69, 9.17) is 4.74 Å². The molecule has 0 fully saturated rings. The van der Waals surface area contributed by atoms with Gasteiger partial charge < -0.3 is 9.47 Å². The molecule has 0 unspecified atom stereocenters. The lowest BCUT2D eigenvalue weighted by Crippen LogP contribution is -2.08. The molecule has 0 saturated heterocycles. The molecule has 0 saturated carbocycles. The van der Waals surface area contributed by atoms with Crippen LogP contribution in [0.3, 0.4) is 0 Å². The van der Waals surface area contributed by atoms with E-state index in [9.17, 15) is 9.59 Å². The second kappa shape index (κ2) is 6.89. The van der Waals surface area contributed by atoms with Crippen LogP contribution in [0.5, 0.6) is 5.75 Å². The highest BCUT2D eigenvalue weighted by atomic mass is 16.5. The second-order valence-corrected chi connectivity index (χ2v) is 4.96. The zero-order chi connectivity index (χ0) is 16.1. The molecule has 0 radical (unpaired) electrons. The molecular weight excluding hydrogens is 280 g/mol. The summed E-state index contributed by atoms with van der Waals surface area (Å²) in [4.78, 5) is 23.9. The Morgan fingerprint density at radius 2 is 1.73 bits per heavy atom. The van der Waals surface area contributed by atoms with E-state index in [2.05, 4.69) is 4.74 Å². The van der Waals surface area contributed by atoms with Crippen molar-refractivity contribution in [2.75, 3.05) is 14.2 Å². The van der Waals surface area contributed by atoms with Crippen molar-refractivity contribution >= 4 is 11.8 Å². The van der Waals surface area contributed by atoms with Crippen LogP contribution in [0.15, 0.2) is 42.5 Å². The molecule has 0 bridgehead atoms. The van der Waals surface area contributed by atoms with Gasteiger partial charge in [0.05, 0.1) is 19.8 Å². The van der Waals surface area contributed by atoms with Crippen LogP contribution in [0.1, 0.15) is 31.8 Å². The fourth-order valence-electron chi connectivity index (χ4n) is 2.21. The SMILES string of the molecule is COC(=O)c1cccc(C(=O)Cc2ccc(OC)cc2C)c1. The van der Waals surface area contributed by atoms with Crippen LogP contribution in [0.4, 0.5) is 0 Å². The molecule has 0 atom stereocenters. The van der Waals surface area contributed by atoms with Crippen LogP contribution in [0.2, 0.25) is 0 Å². The smallest absolute Gasteiger partial charge is 0.337 e. The summed E-state index contributed by atoms with van der Waals surface area (Å²) < 4.78 is 9.83. The Bertz CT molecular complexity index is 704. The molecule has 0 heterocycles. The van der Waals surface area contributed by atoms with Crippen LogP contribution in [0, 0.1) is 6.92 Å². The molecule has 0 spiro atoms. The van der Waals surface area contributed by atoms with Crippen LogP contribution < -0.4 is 4.74 Å². The summed E-state index contributed by atoms with van der Waals surface area (Å²) in [5.74, 6) is 0.274. The lowest BCUT2D eigenvalue weighted by atomic mass is 9.98. The van der Waals surface area contributed by atoms with E-state index in [1.807, 2.05) is 25.1 Å². The number of Topliss-reactive ketones (excluding diaryl/α,β-unsaturated/α-hetero) is 1. The van der Waals surface area contributed by atoms with Gasteiger partial charge in [-0.05, 0) is 42.3 Å². The maximum absolute atomic E-state index is 12.4. The monoisotopic (exact) mass is 298 g/mol. The molecule has 0 aromatic heterocycles. The standard InChI is InChI=1S/C18H18O4/c1-12-9-16(21-2)8-7-13(12)11-17(19)14-5-4-6-15(10-14)18(20)22-3/h4-10H,11H2,1-3H3. The molecule has 4 heteroatoms. The largest absolute Gasteiger partial charge is 0.497 e. The van der Waals surface area contributed by atoms with E-state index in [0.29, 0.717) is 11.1 Å². The molecule has 114 valence electrons. The number of ketones is 1. The molecular formula is C18H18O4. The Kier molecular flexibility index (Phi) is 4.94. The maximum atomic E-state index is 12.4. The van der Waals surface area contributed by atoms with Crippen molar-refractivity contribution in [3.63, 3.8) is 0 Å². The van der Waals surface area contributed by atoms with Crippen molar-refractivity contribution in [1.82, 2.24) is 0 Å². The summed E-state index contributed by atoms with van der Waals surface area (Å²) in [6, 6.07) is 12.2. The number of aryl methyl sites for hydroxylation is 1. The van der Waals surface area contributed by atoms with Gasteiger partial charge in [0, 0.05) is 12.0 Å². The number of carbonyl (C=O) groups is 2. The van der Waals surface area contributed by atoms with Gasteiger partial charge in [-0.1, -0.05) is 18.2 Å². The number of ether oxygens (including phenoxy) is 2. The maximum Gasteiger partial charge on any atom is 0.337 e. The van der Waals surface area contributed by atoms with E-state index in [1.54, 1.807) is 31.4 Å². The lowest BCUT2D eigenvalue weighted by molar-refractivity contribution is 0.0600. The number of benzene rings is 2. The van der Waals surface area contributed by atoms with Crippen molar-refractivity contribution in [2.24, 2.45) is 0 Å². The van der Waals surface area contributed by atoms with Gasteiger partial charge in [-0.25, -0.2) is 4.79 Å². The summed E-state index contributed by atoms with van der Waals surface area (Å²) >= 11 is 0. The van der Waals surface area contributed by atoms with Crippen LogP contribution in [0.25, 0.3) is 0 Å². The quantitative estimate of drug-likeness (QED) is 0.628. The summed E-state index contributed by atoms with van der Waals surface area (Å²) in [7, 11) is 2.93. The van der Waals surface area contributed by atoms with E-state index >= 15 is 0 Å². The first-order valence-electron chi connectivity index (χ1n) is 6.90. The van der Waals surface area contributed by atoms with Gasteiger partial charge >= 0.3 is 5.97 Å². The average Bonchev–Trinajstić information content (AvgIpc) is 2.55. The molecule has 2 rings (SSSR count). The molecule has 4 nitrogen and oxygen atoms in total.